The number of nitrogens with zero attached hydrogens (tertiary/aromatic N) is 3. The Hall–Kier alpha value is -2.06. The molecule has 0 aliphatic carbocycles. The zero-order valence-corrected chi connectivity index (χ0v) is 12.1. The number of aromatic nitrogens is 2. The molecule has 9 heteroatoms. The van der Waals surface area contributed by atoms with E-state index in [-0.39, 0.29) is 12.5 Å². The summed E-state index contributed by atoms with van der Waals surface area (Å²) in [6.07, 6.45) is -2.37. The van der Waals surface area contributed by atoms with E-state index in [9.17, 15) is 22.8 Å². The van der Waals surface area contributed by atoms with Crippen LogP contribution in [0.5, 0.6) is 0 Å². The molecular weight excluding hydrogens is 301 g/mol. The van der Waals surface area contributed by atoms with Crippen molar-refractivity contribution >= 4 is 11.8 Å². The van der Waals surface area contributed by atoms with E-state index in [1.807, 2.05) is 0 Å². The lowest BCUT2D eigenvalue weighted by atomic mass is 10.1. The monoisotopic (exact) mass is 318 g/mol. The molecule has 2 amide bonds. The number of hydrogen-bond donors (Lipinski definition) is 1. The highest BCUT2D eigenvalue weighted by Gasteiger charge is 2.34. The zero-order chi connectivity index (χ0) is 16.3. The van der Waals surface area contributed by atoms with Gasteiger partial charge in [-0.25, -0.2) is 0 Å². The minimum absolute atomic E-state index is 0.232. The first kappa shape index (κ1) is 16.3. The van der Waals surface area contributed by atoms with Crippen molar-refractivity contribution in [3.63, 3.8) is 0 Å². The Morgan fingerprint density at radius 1 is 1.50 bits per heavy atom. The summed E-state index contributed by atoms with van der Waals surface area (Å²) in [5.74, 6) is -0.648. The molecule has 0 aromatic carbocycles. The molecule has 1 aliphatic heterocycles. The number of nitrogens with one attached hydrogen (secondary N) is 1. The predicted octanol–water partition coefficient (Wildman–Crippen LogP) is 1.03. The van der Waals surface area contributed by atoms with Crippen molar-refractivity contribution in [2.24, 2.45) is 0 Å². The number of halogens is 3. The number of alkyl halides is 3. The van der Waals surface area contributed by atoms with Gasteiger partial charge in [0.15, 0.2) is 5.69 Å². The highest BCUT2D eigenvalue weighted by molar-refractivity contribution is 5.87. The van der Waals surface area contributed by atoms with Crippen LogP contribution >= 0.6 is 0 Å². The Morgan fingerprint density at radius 3 is 2.82 bits per heavy atom. The molecule has 1 aliphatic rings. The van der Waals surface area contributed by atoms with Gasteiger partial charge in [0, 0.05) is 19.3 Å². The van der Waals surface area contributed by atoms with Gasteiger partial charge in [-0.1, -0.05) is 6.92 Å². The summed E-state index contributed by atoms with van der Waals surface area (Å²) in [7, 11) is 0. The second kappa shape index (κ2) is 6.37. The molecule has 2 heterocycles. The van der Waals surface area contributed by atoms with Crippen molar-refractivity contribution in [2.75, 3.05) is 13.1 Å². The van der Waals surface area contributed by atoms with Crippen molar-refractivity contribution in [3.05, 3.63) is 18.0 Å². The van der Waals surface area contributed by atoms with Crippen LogP contribution in [0.3, 0.4) is 0 Å². The molecule has 0 saturated carbocycles. The summed E-state index contributed by atoms with van der Waals surface area (Å²) < 4.78 is 38.4. The molecule has 2 rings (SSSR count). The summed E-state index contributed by atoms with van der Waals surface area (Å²) >= 11 is 0. The summed E-state index contributed by atoms with van der Waals surface area (Å²) in [6.45, 7) is 2.34. The minimum Gasteiger partial charge on any atom is -0.354 e. The quantitative estimate of drug-likeness (QED) is 0.905. The van der Waals surface area contributed by atoms with Crippen molar-refractivity contribution in [2.45, 2.75) is 38.5 Å². The Labute approximate surface area is 125 Å². The molecule has 1 N–H and O–H groups in total. The van der Waals surface area contributed by atoms with Crippen LogP contribution in [0.25, 0.3) is 0 Å². The van der Waals surface area contributed by atoms with Gasteiger partial charge in [0.1, 0.15) is 12.6 Å². The maximum atomic E-state index is 12.5. The average Bonchev–Trinajstić information content (AvgIpc) is 2.82. The van der Waals surface area contributed by atoms with Crippen LogP contribution in [-0.4, -0.2) is 45.6 Å². The number of carbonyl (C=O) groups excluding carboxylic acids is 2. The third-order valence-corrected chi connectivity index (χ3v) is 3.49. The van der Waals surface area contributed by atoms with Crippen LogP contribution in [0.4, 0.5) is 13.2 Å². The topological polar surface area (TPSA) is 67.2 Å². The van der Waals surface area contributed by atoms with Crippen molar-refractivity contribution in [3.8, 4) is 0 Å². The first-order chi connectivity index (χ1) is 10.3. The largest absolute Gasteiger partial charge is 0.435 e. The molecule has 122 valence electrons. The molecule has 1 aromatic heterocycles. The van der Waals surface area contributed by atoms with E-state index >= 15 is 0 Å². The summed E-state index contributed by atoms with van der Waals surface area (Å²) in [6, 6.07) is 0.229. The van der Waals surface area contributed by atoms with E-state index < -0.39 is 23.8 Å². The van der Waals surface area contributed by atoms with E-state index in [1.54, 1.807) is 6.92 Å². The molecule has 1 atom stereocenters. The Morgan fingerprint density at radius 2 is 2.23 bits per heavy atom. The highest BCUT2D eigenvalue weighted by Crippen LogP contribution is 2.27. The predicted molar refractivity (Wildman–Crippen MR) is 70.6 cm³/mol. The Kier molecular flexibility index (Phi) is 4.72. The van der Waals surface area contributed by atoms with Crippen LogP contribution in [-0.2, 0) is 22.3 Å². The Bertz CT molecular complexity index is 556. The third-order valence-electron chi connectivity index (χ3n) is 3.49. The molecule has 0 unspecified atom stereocenters. The standard InChI is InChI=1S/C13H17F3N4O2/c1-2-9-12(22)17-5-3-6-20(9)11(21)8-19-7-4-10(18-19)13(14,15)16/h4,7,9H,2-3,5-6,8H2,1H3,(H,17,22)/t9-/m0/s1. The van der Waals surface area contributed by atoms with Crippen molar-refractivity contribution < 1.29 is 22.8 Å². The molecule has 22 heavy (non-hydrogen) atoms. The first-order valence-corrected chi connectivity index (χ1v) is 7.00. The van der Waals surface area contributed by atoms with E-state index in [0.717, 1.165) is 16.9 Å². The fourth-order valence-electron chi connectivity index (χ4n) is 2.41. The van der Waals surface area contributed by atoms with E-state index in [0.29, 0.717) is 25.9 Å². The first-order valence-electron chi connectivity index (χ1n) is 7.00. The van der Waals surface area contributed by atoms with Gasteiger partial charge in [-0.15, -0.1) is 0 Å². The average molecular weight is 318 g/mol. The van der Waals surface area contributed by atoms with E-state index in [1.165, 1.54) is 4.90 Å². The minimum atomic E-state index is -4.54. The number of carbonyl (C=O) groups is 2. The molecule has 1 saturated heterocycles. The van der Waals surface area contributed by atoms with Gasteiger partial charge >= 0.3 is 6.18 Å². The summed E-state index contributed by atoms with van der Waals surface area (Å²) in [5, 5.41) is 6.07. The van der Waals surface area contributed by atoms with Crippen molar-refractivity contribution in [1.82, 2.24) is 20.0 Å². The summed E-state index contributed by atoms with van der Waals surface area (Å²) in [5.41, 5.74) is -1.04. The van der Waals surface area contributed by atoms with Gasteiger partial charge < -0.3 is 10.2 Å². The van der Waals surface area contributed by atoms with Gasteiger partial charge in [-0.05, 0) is 18.9 Å². The summed E-state index contributed by atoms with van der Waals surface area (Å²) in [4.78, 5) is 25.6. The van der Waals surface area contributed by atoms with Crippen LogP contribution in [0.15, 0.2) is 12.3 Å². The maximum absolute atomic E-state index is 12.5. The van der Waals surface area contributed by atoms with Crippen LogP contribution < -0.4 is 5.32 Å². The molecular formula is C13H17F3N4O2. The van der Waals surface area contributed by atoms with Crippen molar-refractivity contribution in [1.29, 1.82) is 0 Å². The van der Waals surface area contributed by atoms with Crippen LogP contribution in [0, 0.1) is 0 Å². The van der Waals surface area contributed by atoms with E-state index in [2.05, 4.69) is 10.4 Å². The number of amides is 2. The fourth-order valence-corrected chi connectivity index (χ4v) is 2.41. The third kappa shape index (κ3) is 3.58. The lowest BCUT2D eigenvalue weighted by Crippen LogP contribution is -2.47. The molecule has 0 bridgehead atoms. The highest BCUT2D eigenvalue weighted by atomic mass is 19.4. The fraction of sp³-hybridized carbons (Fsp3) is 0.615. The van der Waals surface area contributed by atoms with E-state index in [4.69, 9.17) is 0 Å². The molecule has 0 radical (unpaired) electrons. The second-order valence-corrected chi connectivity index (χ2v) is 5.05. The SMILES string of the molecule is CC[C@H]1C(=O)NCCCN1C(=O)Cn1ccc(C(F)(F)F)n1. The van der Waals surface area contributed by atoms with Crippen LogP contribution in [0.1, 0.15) is 25.5 Å². The second-order valence-electron chi connectivity index (χ2n) is 5.05. The van der Waals surface area contributed by atoms with Gasteiger partial charge in [-0.2, -0.15) is 18.3 Å². The van der Waals surface area contributed by atoms with Crippen LogP contribution in [0.2, 0.25) is 0 Å². The number of rotatable bonds is 3. The molecule has 1 fully saturated rings. The van der Waals surface area contributed by atoms with Gasteiger partial charge in [-0.3, -0.25) is 14.3 Å². The smallest absolute Gasteiger partial charge is 0.354 e. The number of hydrogen-bond acceptors (Lipinski definition) is 3. The van der Waals surface area contributed by atoms with Gasteiger partial charge in [0.2, 0.25) is 11.8 Å². The van der Waals surface area contributed by atoms with Gasteiger partial charge in [0.05, 0.1) is 0 Å². The molecule has 1 aromatic rings. The molecule has 0 spiro atoms. The molecule has 6 nitrogen and oxygen atoms in total. The maximum Gasteiger partial charge on any atom is 0.435 e. The van der Waals surface area contributed by atoms with Gasteiger partial charge in [0.25, 0.3) is 0 Å². The normalized spacial score (nSPS) is 19.7. The lowest BCUT2D eigenvalue weighted by molar-refractivity contribution is -0.143. The Balaban J connectivity index is 2.10. The lowest BCUT2D eigenvalue weighted by Gasteiger charge is -2.27. The zero-order valence-electron chi connectivity index (χ0n) is 12.1.